The number of para-hydroxylation sites is 1. The summed E-state index contributed by atoms with van der Waals surface area (Å²) in [4.78, 5) is 4.44. The van der Waals surface area contributed by atoms with E-state index in [2.05, 4.69) is 11.1 Å². The molecule has 0 bridgehead atoms. The highest BCUT2D eigenvalue weighted by atomic mass is 16.5. The van der Waals surface area contributed by atoms with Crippen molar-refractivity contribution in [2.75, 3.05) is 19.5 Å². The number of aromatic nitrogens is 2. The van der Waals surface area contributed by atoms with Crippen molar-refractivity contribution in [1.29, 1.82) is 0 Å². The molecule has 21 heavy (non-hydrogen) atoms. The molecule has 2 aromatic carbocycles. The van der Waals surface area contributed by atoms with Gasteiger partial charge in [0.15, 0.2) is 0 Å². The predicted molar refractivity (Wildman–Crippen MR) is 80.8 cm³/mol. The second kappa shape index (κ2) is 4.41. The van der Waals surface area contributed by atoms with E-state index in [0.717, 1.165) is 28.1 Å². The maximum Gasteiger partial charge on any atom is 0.201 e. The van der Waals surface area contributed by atoms with Gasteiger partial charge in [-0.2, -0.15) is 0 Å². The lowest BCUT2D eigenvalue weighted by atomic mass is 10.1. The van der Waals surface area contributed by atoms with Gasteiger partial charge in [-0.25, -0.2) is 4.98 Å². The van der Waals surface area contributed by atoms with Crippen LogP contribution < -0.4 is 15.2 Å². The summed E-state index contributed by atoms with van der Waals surface area (Å²) in [5, 5.41) is 0. The molecule has 3 aromatic rings. The molecule has 2 N–H and O–H groups in total. The van der Waals surface area contributed by atoms with Crippen LogP contribution in [-0.4, -0.2) is 23.3 Å². The van der Waals surface area contributed by atoms with E-state index >= 15 is 0 Å². The second-order valence-electron chi connectivity index (χ2n) is 5.06. The van der Waals surface area contributed by atoms with Gasteiger partial charge in [-0.1, -0.05) is 18.2 Å². The minimum absolute atomic E-state index is 0.0552. The molecular formula is C16H15N3O2. The summed E-state index contributed by atoms with van der Waals surface area (Å²) in [6.45, 7) is 0.570. The van der Waals surface area contributed by atoms with Crippen molar-refractivity contribution in [1.82, 2.24) is 9.55 Å². The van der Waals surface area contributed by atoms with Gasteiger partial charge in [-0.05, 0) is 18.2 Å². The fraction of sp³-hybridized carbons (Fsp3) is 0.188. The minimum atomic E-state index is 0.0552. The predicted octanol–water partition coefficient (Wildman–Crippen LogP) is 2.61. The van der Waals surface area contributed by atoms with Crippen LogP contribution in [0.3, 0.4) is 0 Å². The molecule has 0 fully saturated rings. The average Bonchev–Trinajstić information content (AvgIpc) is 3.06. The number of rotatable bonds is 2. The highest BCUT2D eigenvalue weighted by molar-refractivity contribution is 5.80. The first-order valence-corrected chi connectivity index (χ1v) is 6.81. The van der Waals surface area contributed by atoms with Crippen LogP contribution >= 0.6 is 0 Å². The highest BCUT2D eigenvalue weighted by Crippen LogP contribution is 2.38. The van der Waals surface area contributed by atoms with Crippen LogP contribution in [0.25, 0.3) is 11.0 Å². The normalized spacial score (nSPS) is 16.7. The van der Waals surface area contributed by atoms with Gasteiger partial charge in [0.25, 0.3) is 0 Å². The van der Waals surface area contributed by atoms with Crippen molar-refractivity contribution in [3.63, 3.8) is 0 Å². The van der Waals surface area contributed by atoms with E-state index in [1.165, 1.54) is 0 Å². The average molecular weight is 281 g/mol. The van der Waals surface area contributed by atoms with E-state index in [4.69, 9.17) is 15.2 Å². The Kier molecular flexibility index (Phi) is 2.54. The Balaban J connectivity index is 1.90. The number of anilines is 1. The topological polar surface area (TPSA) is 62.3 Å². The number of methoxy groups -OCH3 is 1. The maximum atomic E-state index is 6.14. The monoisotopic (exact) mass is 281 g/mol. The van der Waals surface area contributed by atoms with Gasteiger partial charge in [0.1, 0.15) is 18.1 Å². The summed E-state index contributed by atoms with van der Waals surface area (Å²) < 4.78 is 13.0. The molecule has 0 spiro atoms. The third kappa shape index (κ3) is 1.74. The Morgan fingerprint density at radius 1 is 1.29 bits per heavy atom. The Labute approximate surface area is 121 Å². The Morgan fingerprint density at radius 2 is 2.14 bits per heavy atom. The zero-order valence-electron chi connectivity index (χ0n) is 11.6. The molecule has 0 radical (unpaired) electrons. The number of benzene rings is 2. The SMILES string of the molecule is COc1ccc2c(c1)nc(N)n2C1COc2ccccc21. The Hall–Kier alpha value is -2.69. The van der Waals surface area contributed by atoms with Crippen LogP contribution in [-0.2, 0) is 0 Å². The molecule has 1 aliphatic rings. The van der Waals surface area contributed by atoms with Crippen LogP contribution in [0.1, 0.15) is 11.6 Å². The van der Waals surface area contributed by atoms with Gasteiger partial charge in [0.2, 0.25) is 5.95 Å². The van der Waals surface area contributed by atoms with E-state index in [1.54, 1.807) is 7.11 Å². The smallest absolute Gasteiger partial charge is 0.201 e. The molecule has 0 saturated carbocycles. The number of fused-ring (bicyclic) bond motifs is 2. The van der Waals surface area contributed by atoms with Crippen molar-refractivity contribution >= 4 is 17.0 Å². The molecule has 1 aromatic heterocycles. The summed E-state index contributed by atoms with van der Waals surface area (Å²) in [5.41, 5.74) is 9.09. The molecule has 0 saturated heterocycles. The van der Waals surface area contributed by atoms with Crippen LogP contribution in [0.5, 0.6) is 11.5 Å². The van der Waals surface area contributed by atoms with Crippen LogP contribution in [0.2, 0.25) is 0 Å². The zero-order valence-corrected chi connectivity index (χ0v) is 11.6. The van der Waals surface area contributed by atoms with Crippen LogP contribution in [0.4, 0.5) is 5.95 Å². The first kappa shape index (κ1) is 12.1. The maximum absolute atomic E-state index is 6.14. The van der Waals surface area contributed by atoms with Gasteiger partial charge < -0.3 is 15.2 Å². The zero-order chi connectivity index (χ0) is 14.4. The summed E-state index contributed by atoms with van der Waals surface area (Å²) in [6, 6.07) is 13.9. The molecule has 1 atom stereocenters. The number of nitrogen functional groups attached to an aromatic ring is 1. The lowest BCUT2D eigenvalue weighted by molar-refractivity contribution is 0.320. The Morgan fingerprint density at radius 3 is 3.00 bits per heavy atom. The van der Waals surface area contributed by atoms with E-state index < -0.39 is 0 Å². The molecule has 2 heterocycles. The van der Waals surface area contributed by atoms with Crippen molar-refractivity contribution in [3.8, 4) is 11.5 Å². The molecular weight excluding hydrogens is 266 g/mol. The van der Waals surface area contributed by atoms with E-state index in [1.807, 2.05) is 41.0 Å². The number of hydrogen-bond acceptors (Lipinski definition) is 4. The van der Waals surface area contributed by atoms with E-state index in [0.29, 0.717) is 12.6 Å². The standard InChI is InChI=1S/C16H15N3O2/c1-20-10-6-7-13-12(8-10)18-16(17)19(13)14-9-21-15-5-3-2-4-11(14)15/h2-8,14H,9H2,1H3,(H2,17,18). The van der Waals surface area contributed by atoms with Gasteiger partial charge in [-0.3, -0.25) is 4.57 Å². The van der Waals surface area contributed by atoms with Crippen molar-refractivity contribution in [2.45, 2.75) is 6.04 Å². The van der Waals surface area contributed by atoms with Crippen molar-refractivity contribution in [2.24, 2.45) is 0 Å². The van der Waals surface area contributed by atoms with Crippen LogP contribution in [0, 0.1) is 0 Å². The van der Waals surface area contributed by atoms with Gasteiger partial charge in [-0.15, -0.1) is 0 Å². The fourth-order valence-corrected chi connectivity index (χ4v) is 2.91. The fourth-order valence-electron chi connectivity index (χ4n) is 2.91. The summed E-state index contributed by atoms with van der Waals surface area (Å²) in [6.07, 6.45) is 0. The molecule has 0 amide bonds. The van der Waals surface area contributed by atoms with E-state index in [-0.39, 0.29) is 6.04 Å². The quantitative estimate of drug-likeness (QED) is 0.784. The van der Waals surface area contributed by atoms with E-state index in [9.17, 15) is 0 Å². The largest absolute Gasteiger partial charge is 0.497 e. The van der Waals surface area contributed by atoms with Crippen molar-refractivity contribution < 1.29 is 9.47 Å². The number of ether oxygens (including phenoxy) is 2. The number of nitrogens with two attached hydrogens (primary N) is 1. The van der Waals surface area contributed by atoms with Gasteiger partial charge >= 0.3 is 0 Å². The Bertz CT molecular complexity index is 826. The summed E-state index contributed by atoms with van der Waals surface area (Å²) in [5.74, 6) is 2.18. The van der Waals surface area contributed by atoms with Gasteiger partial charge in [0, 0.05) is 11.6 Å². The third-order valence-corrected chi connectivity index (χ3v) is 3.91. The number of imidazole rings is 1. The highest BCUT2D eigenvalue weighted by Gasteiger charge is 2.28. The lowest BCUT2D eigenvalue weighted by Gasteiger charge is -2.14. The molecule has 4 rings (SSSR count). The first-order chi connectivity index (χ1) is 10.3. The first-order valence-electron chi connectivity index (χ1n) is 6.81. The summed E-state index contributed by atoms with van der Waals surface area (Å²) in [7, 11) is 1.64. The summed E-state index contributed by atoms with van der Waals surface area (Å²) >= 11 is 0. The molecule has 1 unspecified atom stereocenters. The number of nitrogens with zero attached hydrogens (tertiary/aromatic N) is 2. The molecule has 0 aliphatic carbocycles. The van der Waals surface area contributed by atoms with Gasteiger partial charge in [0.05, 0.1) is 24.2 Å². The second-order valence-corrected chi connectivity index (χ2v) is 5.06. The minimum Gasteiger partial charge on any atom is -0.497 e. The van der Waals surface area contributed by atoms with Crippen LogP contribution in [0.15, 0.2) is 42.5 Å². The third-order valence-electron chi connectivity index (χ3n) is 3.91. The lowest BCUT2D eigenvalue weighted by Crippen LogP contribution is -2.14. The molecule has 1 aliphatic heterocycles. The number of hydrogen-bond donors (Lipinski definition) is 1. The van der Waals surface area contributed by atoms with Crippen molar-refractivity contribution in [3.05, 3.63) is 48.0 Å². The molecule has 106 valence electrons. The molecule has 5 nitrogen and oxygen atoms in total. The molecule has 5 heteroatoms.